The Morgan fingerprint density at radius 2 is 2.31 bits per heavy atom. The van der Waals surface area contributed by atoms with Gasteiger partial charge in [0.25, 0.3) is 5.95 Å². The Kier molecular flexibility index (Phi) is 1.73. The number of aromatic nitrogens is 4. The molecular formula is C8H5N5. The monoisotopic (exact) mass is 171 g/mol. The van der Waals surface area contributed by atoms with E-state index in [1.807, 2.05) is 6.07 Å². The second kappa shape index (κ2) is 3.03. The zero-order valence-corrected chi connectivity index (χ0v) is 6.62. The summed E-state index contributed by atoms with van der Waals surface area (Å²) in [4.78, 5) is 7.93. The van der Waals surface area contributed by atoms with E-state index in [0.717, 1.165) is 0 Å². The van der Waals surface area contributed by atoms with Gasteiger partial charge in [0.05, 0.1) is 0 Å². The third-order valence-corrected chi connectivity index (χ3v) is 1.47. The molecule has 0 unspecified atom stereocenters. The summed E-state index contributed by atoms with van der Waals surface area (Å²) in [5.74, 6) is 0.407. The summed E-state index contributed by atoms with van der Waals surface area (Å²) in [7, 11) is 0. The Morgan fingerprint density at radius 1 is 1.38 bits per heavy atom. The highest BCUT2D eigenvalue weighted by Crippen LogP contribution is 1.98. The molecule has 2 aromatic rings. The van der Waals surface area contributed by atoms with Crippen molar-refractivity contribution in [3.63, 3.8) is 0 Å². The van der Waals surface area contributed by atoms with E-state index < -0.39 is 0 Å². The SMILES string of the molecule is N#Cc1ccnc(-n2cccn2)n1. The Bertz CT molecular complexity index is 440. The van der Waals surface area contributed by atoms with E-state index in [2.05, 4.69) is 15.1 Å². The van der Waals surface area contributed by atoms with Gasteiger partial charge in [0.2, 0.25) is 0 Å². The second-order valence-corrected chi connectivity index (χ2v) is 2.30. The lowest BCUT2D eigenvalue weighted by molar-refractivity contribution is 0.805. The zero-order chi connectivity index (χ0) is 9.10. The fraction of sp³-hybridized carbons (Fsp3) is 0. The molecule has 0 aliphatic carbocycles. The van der Waals surface area contributed by atoms with Crippen molar-refractivity contribution in [3.05, 3.63) is 36.4 Å². The van der Waals surface area contributed by atoms with Gasteiger partial charge in [0, 0.05) is 18.6 Å². The van der Waals surface area contributed by atoms with E-state index in [-0.39, 0.29) is 0 Å². The minimum atomic E-state index is 0.334. The maximum Gasteiger partial charge on any atom is 0.251 e. The predicted molar refractivity (Wildman–Crippen MR) is 43.9 cm³/mol. The van der Waals surface area contributed by atoms with Crippen LogP contribution in [0.4, 0.5) is 0 Å². The smallest absolute Gasteiger partial charge is 0.220 e. The molecule has 0 aliphatic rings. The van der Waals surface area contributed by atoms with Gasteiger partial charge in [-0.05, 0) is 12.1 Å². The Morgan fingerprint density at radius 3 is 3.00 bits per heavy atom. The number of nitrogens with zero attached hydrogens (tertiary/aromatic N) is 5. The van der Waals surface area contributed by atoms with E-state index in [4.69, 9.17) is 5.26 Å². The lowest BCUT2D eigenvalue weighted by Crippen LogP contribution is -2.01. The molecule has 0 aliphatic heterocycles. The van der Waals surface area contributed by atoms with Crippen molar-refractivity contribution < 1.29 is 0 Å². The third-order valence-electron chi connectivity index (χ3n) is 1.47. The highest BCUT2D eigenvalue weighted by atomic mass is 15.3. The van der Waals surface area contributed by atoms with Gasteiger partial charge in [-0.1, -0.05) is 0 Å². The average Bonchev–Trinajstić information content (AvgIpc) is 2.71. The molecule has 0 fully saturated rings. The summed E-state index contributed by atoms with van der Waals surface area (Å²) < 4.78 is 1.50. The first-order chi connectivity index (χ1) is 6.40. The van der Waals surface area contributed by atoms with Gasteiger partial charge in [-0.25, -0.2) is 14.6 Å². The lowest BCUT2D eigenvalue weighted by atomic mass is 10.4. The summed E-state index contributed by atoms with van der Waals surface area (Å²) in [6.07, 6.45) is 4.88. The fourth-order valence-corrected chi connectivity index (χ4v) is 0.908. The first-order valence-corrected chi connectivity index (χ1v) is 3.63. The molecule has 0 N–H and O–H groups in total. The van der Waals surface area contributed by atoms with Crippen LogP contribution in [-0.4, -0.2) is 19.7 Å². The molecule has 2 rings (SSSR count). The van der Waals surface area contributed by atoms with E-state index in [1.54, 1.807) is 24.5 Å². The van der Waals surface area contributed by atoms with Gasteiger partial charge in [-0.2, -0.15) is 10.4 Å². The van der Waals surface area contributed by atoms with Crippen molar-refractivity contribution in [1.29, 1.82) is 5.26 Å². The summed E-state index contributed by atoms with van der Waals surface area (Å²) in [5, 5.41) is 12.5. The van der Waals surface area contributed by atoms with Crippen LogP contribution in [-0.2, 0) is 0 Å². The van der Waals surface area contributed by atoms with Crippen molar-refractivity contribution in [2.75, 3.05) is 0 Å². The molecule has 5 nitrogen and oxygen atoms in total. The summed E-state index contributed by atoms with van der Waals surface area (Å²) in [6, 6.07) is 5.25. The van der Waals surface area contributed by atoms with Crippen molar-refractivity contribution in [2.45, 2.75) is 0 Å². The van der Waals surface area contributed by atoms with E-state index in [9.17, 15) is 0 Å². The van der Waals surface area contributed by atoms with Crippen molar-refractivity contribution >= 4 is 0 Å². The quantitative estimate of drug-likeness (QED) is 0.627. The summed E-state index contributed by atoms with van der Waals surface area (Å²) in [6.45, 7) is 0. The molecule has 0 saturated heterocycles. The van der Waals surface area contributed by atoms with Gasteiger partial charge in [-0.15, -0.1) is 0 Å². The van der Waals surface area contributed by atoms with Gasteiger partial charge >= 0.3 is 0 Å². The van der Waals surface area contributed by atoms with Gasteiger partial charge in [0.15, 0.2) is 0 Å². The third kappa shape index (κ3) is 1.37. The summed E-state index contributed by atoms with van der Waals surface area (Å²) in [5.41, 5.74) is 0.334. The number of rotatable bonds is 1. The van der Waals surface area contributed by atoms with Crippen LogP contribution in [0.25, 0.3) is 5.95 Å². The molecular weight excluding hydrogens is 166 g/mol. The van der Waals surface area contributed by atoms with E-state index in [1.165, 1.54) is 10.9 Å². The minimum absolute atomic E-state index is 0.334. The highest BCUT2D eigenvalue weighted by Gasteiger charge is 1.99. The van der Waals surface area contributed by atoms with Crippen LogP contribution in [0, 0.1) is 11.3 Å². The molecule has 62 valence electrons. The first-order valence-electron chi connectivity index (χ1n) is 3.63. The van der Waals surface area contributed by atoms with Gasteiger partial charge in [-0.3, -0.25) is 0 Å². The zero-order valence-electron chi connectivity index (χ0n) is 6.62. The van der Waals surface area contributed by atoms with Crippen LogP contribution in [0.2, 0.25) is 0 Å². The first kappa shape index (κ1) is 7.43. The fourth-order valence-electron chi connectivity index (χ4n) is 0.908. The van der Waals surface area contributed by atoms with E-state index >= 15 is 0 Å². The molecule has 0 amide bonds. The molecule has 0 bridgehead atoms. The molecule has 2 aromatic heterocycles. The normalized spacial score (nSPS) is 9.46. The van der Waals surface area contributed by atoms with Crippen LogP contribution in [0.15, 0.2) is 30.7 Å². The topological polar surface area (TPSA) is 67.4 Å². The number of nitriles is 1. The van der Waals surface area contributed by atoms with Crippen molar-refractivity contribution in [1.82, 2.24) is 19.7 Å². The van der Waals surface area contributed by atoms with Crippen molar-refractivity contribution in [3.8, 4) is 12.0 Å². The lowest BCUT2D eigenvalue weighted by Gasteiger charge is -1.97. The molecule has 0 radical (unpaired) electrons. The molecule has 0 atom stereocenters. The van der Waals surface area contributed by atoms with Gasteiger partial charge in [0.1, 0.15) is 11.8 Å². The average molecular weight is 171 g/mol. The highest BCUT2D eigenvalue weighted by molar-refractivity contribution is 5.22. The molecule has 0 spiro atoms. The van der Waals surface area contributed by atoms with Crippen LogP contribution in [0.3, 0.4) is 0 Å². The summed E-state index contributed by atoms with van der Waals surface area (Å²) >= 11 is 0. The predicted octanol–water partition coefficient (Wildman–Crippen LogP) is 0.534. The molecule has 0 saturated carbocycles. The van der Waals surface area contributed by atoms with Crippen LogP contribution in [0.5, 0.6) is 0 Å². The van der Waals surface area contributed by atoms with Crippen LogP contribution < -0.4 is 0 Å². The Balaban J connectivity index is 2.49. The maximum absolute atomic E-state index is 8.59. The Hall–Kier alpha value is -2.22. The largest absolute Gasteiger partial charge is 0.251 e. The molecule has 2 heterocycles. The number of hydrogen-bond donors (Lipinski definition) is 0. The van der Waals surface area contributed by atoms with Crippen molar-refractivity contribution in [2.24, 2.45) is 0 Å². The molecule has 0 aromatic carbocycles. The van der Waals surface area contributed by atoms with E-state index in [0.29, 0.717) is 11.6 Å². The number of hydrogen-bond acceptors (Lipinski definition) is 4. The Labute approximate surface area is 74.3 Å². The minimum Gasteiger partial charge on any atom is -0.220 e. The second-order valence-electron chi connectivity index (χ2n) is 2.30. The standard InChI is InChI=1S/C8H5N5/c9-6-7-2-4-10-8(12-7)13-5-1-3-11-13/h1-5H. The molecule has 13 heavy (non-hydrogen) atoms. The van der Waals surface area contributed by atoms with Crippen LogP contribution >= 0.6 is 0 Å². The van der Waals surface area contributed by atoms with Gasteiger partial charge < -0.3 is 0 Å². The molecule has 5 heteroatoms. The maximum atomic E-state index is 8.59. The van der Waals surface area contributed by atoms with Crippen LogP contribution in [0.1, 0.15) is 5.69 Å².